The minimum atomic E-state index is -0.816. The lowest BCUT2D eigenvalue weighted by molar-refractivity contribution is -0.0460. The van der Waals surface area contributed by atoms with Gasteiger partial charge in [-0.2, -0.15) is 0 Å². The molecule has 1 saturated heterocycles. The highest BCUT2D eigenvalue weighted by atomic mass is 16.5. The molecule has 19 heavy (non-hydrogen) atoms. The topological polar surface area (TPSA) is 105 Å². The van der Waals surface area contributed by atoms with E-state index in [9.17, 15) is 14.7 Å². The van der Waals surface area contributed by atoms with Crippen molar-refractivity contribution in [1.82, 2.24) is 9.55 Å². The summed E-state index contributed by atoms with van der Waals surface area (Å²) >= 11 is 0. The first-order valence-corrected chi connectivity index (χ1v) is 6.35. The van der Waals surface area contributed by atoms with Crippen molar-refractivity contribution in [2.75, 3.05) is 6.61 Å². The van der Waals surface area contributed by atoms with Crippen LogP contribution in [0.5, 0.6) is 0 Å². The summed E-state index contributed by atoms with van der Waals surface area (Å²) in [5.41, 5.74) is -0.450. The molecule has 0 amide bonds. The molecule has 0 aliphatic carbocycles. The van der Waals surface area contributed by atoms with Gasteiger partial charge in [0.2, 0.25) is 0 Å². The number of aliphatic hydroxyl groups excluding tert-OH is 2. The molecule has 1 aliphatic rings. The van der Waals surface area contributed by atoms with E-state index < -0.39 is 24.1 Å². The number of aromatic nitrogens is 2. The first kappa shape index (κ1) is 14.0. The van der Waals surface area contributed by atoms with Crippen molar-refractivity contribution in [3.05, 3.63) is 32.6 Å². The van der Waals surface area contributed by atoms with Gasteiger partial charge in [0.05, 0.1) is 12.7 Å². The first-order valence-electron chi connectivity index (χ1n) is 6.35. The van der Waals surface area contributed by atoms with Crippen molar-refractivity contribution in [2.24, 2.45) is 0 Å². The van der Waals surface area contributed by atoms with Crippen molar-refractivity contribution in [3.8, 4) is 0 Å². The lowest BCUT2D eigenvalue weighted by atomic mass is 10.2. The van der Waals surface area contributed by atoms with Gasteiger partial charge in [-0.05, 0) is 6.42 Å². The molecule has 0 unspecified atom stereocenters. The van der Waals surface area contributed by atoms with Gasteiger partial charge in [-0.3, -0.25) is 14.3 Å². The number of ether oxygens (including phenoxy) is 1. The van der Waals surface area contributed by atoms with Crippen LogP contribution in [0.2, 0.25) is 0 Å². The van der Waals surface area contributed by atoms with Gasteiger partial charge in [-0.15, -0.1) is 0 Å². The second-order valence-corrected chi connectivity index (χ2v) is 4.69. The number of nitrogens with zero attached hydrogens (tertiary/aromatic N) is 1. The fraction of sp³-hybridized carbons (Fsp3) is 0.667. The zero-order valence-corrected chi connectivity index (χ0v) is 10.7. The molecule has 1 aromatic rings. The first-order chi connectivity index (χ1) is 9.06. The van der Waals surface area contributed by atoms with Gasteiger partial charge in [0, 0.05) is 18.2 Å². The maximum atomic E-state index is 11.8. The summed E-state index contributed by atoms with van der Waals surface area (Å²) in [6.07, 6.45) is 0.863. The van der Waals surface area contributed by atoms with Gasteiger partial charge in [0.1, 0.15) is 12.3 Å². The molecule has 2 heterocycles. The van der Waals surface area contributed by atoms with Gasteiger partial charge in [-0.1, -0.05) is 13.3 Å². The Morgan fingerprint density at radius 3 is 2.84 bits per heavy atom. The molecule has 1 fully saturated rings. The maximum Gasteiger partial charge on any atom is 0.330 e. The quantitative estimate of drug-likeness (QED) is 0.659. The number of hydrogen-bond acceptors (Lipinski definition) is 5. The Labute approximate surface area is 109 Å². The van der Waals surface area contributed by atoms with Gasteiger partial charge in [0.25, 0.3) is 5.56 Å². The Hall–Kier alpha value is -1.44. The van der Waals surface area contributed by atoms with Gasteiger partial charge < -0.3 is 14.9 Å². The molecule has 2 rings (SSSR count). The van der Waals surface area contributed by atoms with Crippen molar-refractivity contribution in [1.29, 1.82) is 0 Å². The number of nitrogens with one attached hydrogen (secondary N) is 1. The number of aliphatic hydroxyl groups is 2. The van der Waals surface area contributed by atoms with Crippen LogP contribution in [0.4, 0.5) is 0 Å². The van der Waals surface area contributed by atoms with Crippen LogP contribution < -0.4 is 11.2 Å². The van der Waals surface area contributed by atoms with Crippen molar-refractivity contribution < 1.29 is 14.9 Å². The third-order valence-electron chi connectivity index (χ3n) is 3.26. The molecule has 1 aromatic heterocycles. The van der Waals surface area contributed by atoms with Gasteiger partial charge in [0.15, 0.2) is 0 Å². The summed E-state index contributed by atoms with van der Waals surface area (Å²) in [5, 5.41) is 18.7. The fourth-order valence-electron chi connectivity index (χ4n) is 2.24. The number of H-pyrrole nitrogens is 1. The molecule has 7 heteroatoms. The van der Waals surface area contributed by atoms with Gasteiger partial charge in [-0.25, -0.2) is 4.79 Å². The second-order valence-electron chi connectivity index (χ2n) is 4.69. The monoisotopic (exact) mass is 270 g/mol. The van der Waals surface area contributed by atoms with Crippen molar-refractivity contribution in [2.45, 2.75) is 44.6 Å². The largest absolute Gasteiger partial charge is 0.394 e. The number of rotatable bonds is 4. The summed E-state index contributed by atoms with van der Waals surface area (Å²) in [4.78, 5) is 25.6. The van der Waals surface area contributed by atoms with Crippen LogP contribution in [0.15, 0.2) is 15.8 Å². The molecule has 0 bridgehead atoms. The van der Waals surface area contributed by atoms with Crippen LogP contribution in [0, 0.1) is 0 Å². The van der Waals surface area contributed by atoms with Crippen LogP contribution in [0.1, 0.15) is 31.6 Å². The summed E-state index contributed by atoms with van der Waals surface area (Å²) in [5.74, 6) is 0. The summed E-state index contributed by atoms with van der Waals surface area (Å²) < 4.78 is 6.67. The Kier molecular flexibility index (Phi) is 4.18. The Morgan fingerprint density at radius 1 is 1.53 bits per heavy atom. The number of aromatic amines is 1. The van der Waals surface area contributed by atoms with E-state index in [-0.39, 0.29) is 18.6 Å². The molecule has 7 nitrogen and oxygen atoms in total. The maximum absolute atomic E-state index is 11.8. The molecular formula is C12H18N2O5. The highest BCUT2D eigenvalue weighted by Crippen LogP contribution is 2.27. The SMILES string of the molecule is CCCc1cn([C@@H]2C[C@@H](O)[C@H](CO)O2)c(=O)[nH]c1=O. The predicted molar refractivity (Wildman–Crippen MR) is 66.9 cm³/mol. The van der Waals surface area contributed by atoms with Crippen LogP contribution in [0.25, 0.3) is 0 Å². The molecule has 0 radical (unpaired) electrons. The van der Waals surface area contributed by atoms with E-state index in [1.54, 1.807) is 0 Å². The summed E-state index contributed by atoms with van der Waals surface area (Å²) in [6, 6.07) is 0. The molecule has 3 N–H and O–H groups in total. The number of aryl methyl sites for hydroxylation is 1. The second kappa shape index (κ2) is 5.68. The molecular weight excluding hydrogens is 252 g/mol. The Morgan fingerprint density at radius 2 is 2.26 bits per heavy atom. The normalized spacial score (nSPS) is 26.8. The van der Waals surface area contributed by atoms with Crippen LogP contribution in [-0.4, -0.2) is 38.6 Å². The van der Waals surface area contributed by atoms with Crippen LogP contribution in [0.3, 0.4) is 0 Å². The summed E-state index contributed by atoms with van der Waals surface area (Å²) in [6.45, 7) is 1.63. The lowest BCUT2D eigenvalue weighted by Gasteiger charge is -2.15. The average molecular weight is 270 g/mol. The van der Waals surface area contributed by atoms with E-state index in [4.69, 9.17) is 9.84 Å². The average Bonchev–Trinajstić information content (AvgIpc) is 2.74. The standard InChI is InChI=1S/C12H18N2O5/c1-2-3-7-5-14(12(18)13-11(7)17)10-4-8(16)9(6-15)19-10/h5,8-10,15-16H,2-4,6H2,1H3,(H,13,17,18)/t8-,9+,10+/m1/s1. The summed E-state index contributed by atoms with van der Waals surface area (Å²) in [7, 11) is 0. The molecule has 0 spiro atoms. The van der Waals surface area contributed by atoms with Crippen LogP contribution in [-0.2, 0) is 11.2 Å². The highest BCUT2D eigenvalue weighted by Gasteiger charge is 2.35. The number of hydrogen-bond donors (Lipinski definition) is 3. The fourth-order valence-corrected chi connectivity index (χ4v) is 2.24. The smallest absolute Gasteiger partial charge is 0.330 e. The van der Waals surface area contributed by atoms with E-state index in [2.05, 4.69) is 4.98 Å². The lowest BCUT2D eigenvalue weighted by Crippen LogP contribution is -2.34. The zero-order valence-electron chi connectivity index (χ0n) is 10.7. The third kappa shape index (κ3) is 2.78. The highest BCUT2D eigenvalue weighted by molar-refractivity contribution is 5.05. The molecule has 3 atom stereocenters. The molecule has 1 aliphatic heterocycles. The van der Waals surface area contributed by atoms with E-state index in [1.807, 2.05) is 6.92 Å². The minimum absolute atomic E-state index is 0.211. The van der Waals surface area contributed by atoms with E-state index in [0.29, 0.717) is 12.0 Å². The van der Waals surface area contributed by atoms with Gasteiger partial charge >= 0.3 is 5.69 Å². The predicted octanol–water partition coefficient (Wildman–Crippen LogP) is -0.870. The molecule has 106 valence electrons. The van der Waals surface area contributed by atoms with E-state index in [0.717, 1.165) is 6.42 Å². The Bertz CT molecular complexity index is 550. The van der Waals surface area contributed by atoms with Crippen molar-refractivity contribution >= 4 is 0 Å². The Balaban J connectivity index is 2.33. The zero-order chi connectivity index (χ0) is 14.0. The molecule has 0 saturated carbocycles. The van der Waals surface area contributed by atoms with Crippen LogP contribution >= 0.6 is 0 Å². The minimum Gasteiger partial charge on any atom is -0.394 e. The molecule has 0 aromatic carbocycles. The third-order valence-corrected chi connectivity index (χ3v) is 3.26. The van der Waals surface area contributed by atoms with Crippen molar-refractivity contribution in [3.63, 3.8) is 0 Å². The van der Waals surface area contributed by atoms with E-state index in [1.165, 1.54) is 10.8 Å². The van der Waals surface area contributed by atoms with E-state index >= 15 is 0 Å².